The highest BCUT2D eigenvalue weighted by molar-refractivity contribution is 6.21. The largest absolute Gasteiger partial charge is 0.492 e. The number of ether oxygens (including phenoxy) is 3. The lowest BCUT2D eigenvalue weighted by molar-refractivity contribution is -0.224. The van der Waals surface area contributed by atoms with Crippen LogP contribution in [0.15, 0.2) is 65.2 Å². The van der Waals surface area contributed by atoms with Crippen LogP contribution in [0.5, 0.6) is 0 Å². The summed E-state index contributed by atoms with van der Waals surface area (Å²) in [4.78, 5) is 4.11. The topological polar surface area (TPSA) is 58.4 Å². The van der Waals surface area contributed by atoms with E-state index >= 15 is 0 Å². The Morgan fingerprint density at radius 2 is 2.06 bits per heavy atom. The highest BCUT2D eigenvalue weighted by Gasteiger charge is 2.39. The Balaban J connectivity index is 1.96. The molecule has 3 rings (SSSR count). The van der Waals surface area contributed by atoms with Gasteiger partial charge in [0.25, 0.3) is 0 Å². The molecule has 0 aromatic carbocycles. The fourth-order valence-corrected chi connectivity index (χ4v) is 4.09. The monoisotopic (exact) mass is 497 g/mol. The van der Waals surface area contributed by atoms with E-state index in [1.54, 1.807) is 11.0 Å². The van der Waals surface area contributed by atoms with Crippen molar-refractivity contribution in [1.82, 2.24) is 14.8 Å². The first-order valence-corrected chi connectivity index (χ1v) is 12.8. The van der Waals surface area contributed by atoms with Crippen LogP contribution in [-0.2, 0) is 20.8 Å². The smallest absolute Gasteiger partial charge is 0.212 e. The van der Waals surface area contributed by atoms with E-state index in [9.17, 15) is 0 Å². The van der Waals surface area contributed by atoms with Crippen molar-refractivity contribution in [2.24, 2.45) is 5.92 Å². The lowest BCUT2D eigenvalue weighted by Crippen LogP contribution is -2.44. The Labute approximate surface area is 214 Å². The summed E-state index contributed by atoms with van der Waals surface area (Å²) in [6.07, 6.45) is 13.9. The summed E-state index contributed by atoms with van der Waals surface area (Å²) >= 11 is 6.20. The molecule has 2 aliphatic carbocycles. The maximum atomic E-state index is 6.54. The summed E-state index contributed by atoms with van der Waals surface area (Å²) in [5, 5.41) is 4.29. The molecule has 1 heterocycles. The van der Waals surface area contributed by atoms with E-state index in [0.717, 1.165) is 35.3 Å². The minimum atomic E-state index is -1.00. The summed E-state index contributed by atoms with van der Waals surface area (Å²) in [6, 6.07) is 0. The third kappa shape index (κ3) is 7.98. The molecule has 0 amide bonds. The van der Waals surface area contributed by atoms with Gasteiger partial charge in [-0.2, -0.15) is 5.10 Å². The van der Waals surface area contributed by atoms with Crippen molar-refractivity contribution >= 4 is 11.6 Å². The van der Waals surface area contributed by atoms with Crippen LogP contribution < -0.4 is 0 Å². The predicted molar refractivity (Wildman–Crippen MR) is 139 cm³/mol. The van der Waals surface area contributed by atoms with Gasteiger partial charge in [-0.3, -0.25) is 0 Å². The third-order valence-electron chi connectivity index (χ3n) is 5.66. The fraction of sp³-hybridized carbons (Fsp3) is 0.536. The lowest BCUT2D eigenvalue weighted by atomic mass is 9.92. The van der Waals surface area contributed by atoms with Gasteiger partial charge in [-0.1, -0.05) is 38.7 Å². The van der Waals surface area contributed by atoms with Crippen molar-refractivity contribution < 1.29 is 14.2 Å². The zero-order valence-corrected chi connectivity index (χ0v) is 22.0. The molecular weight excluding hydrogens is 462 g/mol. The maximum absolute atomic E-state index is 6.54. The number of rotatable bonds is 12. The normalized spacial score (nSPS) is 23.3. The molecule has 0 N–H and O–H groups in total. The second-order valence-electron chi connectivity index (χ2n) is 8.96. The molecule has 0 bridgehead atoms. The molecule has 0 saturated carbocycles. The predicted octanol–water partition coefficient (Wildman–Crippen LogP) is 5.74. The summed E-state index contributed by atoms with van der Waals surface area (Å²) in [7, 11) is 0. The minimum absolute atomic E-state index is 0.0325. The van der Waals surface area contributed by atoms with E-state index in [1.807, 2.05) is 19.1 Å². The molecule has 0 fully saturated rings. The van der Waals surface area contributed by atoms with Crippen molar-refractivity contribution in [3.8, 4) is 11.8 Å². The molecule has 7 heteroatoms. The number of hydrogen-bond acceptors (Lipinski definition) is 5. The van der Waals surface area contributed by atoms with Gasteiger partial charge < -0.3 is 14.2 Å². The van der Waals surface area contributed by atoms with Crippen LogP contribution in [0.3, 0.4) is 0 Å². The number of aromatic nitrogens is 3. The van der Waals surface area contributed by atoms with Gasteiger partial charge in [0.05, 0.1) is 18.4 Å². The molecule has 0 spiro atoms. The van der Waals surface area contributed by atoms with Gasteiger partial charge in [0.2, 0.25) is 5.79 Å². The molecule has 1 aromatic rings. The van der Waals surface area contributed by atoms with Crippen LogP contribution in [0.1, 0.15) is 53.4 Å². The summed E-state index contributed by atoms with van der Waals surface area (Å²) in [5.41, 5.74) is 6.30. The van der Waals surface area contributed by atoms with Crippen molar-refractivity contribution in [2.75, 3.05) is 19.8 Å². The van der Waals surface area contributed by atoms with Crippen molar-refractivity contribution in [3.05, 3.63) is 65.2 Å². The zero-order chi connectivity index (χ0) is 25.1. The van der Waals surface area contributed by atoms with Gasteiger partial charge in [-0.15, -0.1) is 17.3 Å². The van der Waals surface area contributed by atoms with Gasteiger partial charge in [0, 0.05) is 18.6 Å². The molecule has 6 nitrogen and oxygen atoms in total. The van der Waals surface area contributed by atoms with Crippen molar-refractivity contribution in [1.29, 1.82) is 0 Å². The van der Waals surface area contributed by atoms with Crippen LogP contribution in [0.2, 0.25) is 0 Å². The van der Waals surface area contributed by atoms with E-state index in [1.165, 1.54) is 6.33 Å². The average molecular weight is 498 g/mol. The molecule has 0 aliphatic heterocycles. The molecular formula is C28H36ClN3O3. The van der Waals surface area contributed by atoms with Crippen LogP contribution in [-0.4, -0.2) is 45.7 Å². The average Bonchev–Trinajstić information content (AvgIpc) is 3.24. The highest BCUT2D eigenvalue weighted by Crippen LogP contribution is 2.34. The molecule has 1 aromatic heterocycles. The molecule has 0 radical (unpaired) electrons. The number of halogens is 1. The van der Waals surface area contributed by atoms with E-state index in [-0.39, 0.29) is 5.38 Å². The zero-order valence-electron chi connectivity index (χ0n) is 21.2. The lowest BCUT2D eigenvalue weighted by Gasteiger charge is -2.37. The van der Waals surface area contributed by atoms with Gasteiger partial charge in [-0.25, -0.2) is 9.67 Å². The summed E-state index contributed by atoms with van der Waals surface area (Å²) in [5.74, 6) is 6.75. The number of hydrogen-bond donors (Lipinski definition) is 0. The molecule has 0 saturated heterocycles. The van der Waals surface area contributed by atoms with Crippen molar-refractivity contribution in [2.45, 2.75) is 71.1 Å². The molecule has 35 heavy (non-hydrogen) atoms. The fourth-order valence-electron chi connectivity index (χ4n) is 3.93. The second kappa shape index (κ2) is 13.5. The first-order valence-electron chi connectivity index (χ1n) is 12.3. The van der Waals surface area contributed by atoms with Gasteiger partial charge in [0.1, 0.15) is 31.6 Å². The first-order chi connectivity index (χ1) is 17.0. The SMILES string of the molecule is CCOC(Cn1cncn1)(OCC(C)C)/C1=C(CC)/C=C(/OCC2=CCC(Cl)C=C=C2)CC#CC1. The summed E-state index contributed by atoms with van der Waals surface area (Å²) < 4.78 is 20.9. The minimum Gasteiger partial charge on any atom is -0.492 e. The maximum Gasteiger partial charge on any atom is 0.212 e. The van der Waals surface area contributed by atoms with Gasteiger partial charge >= 0.3 is 0 Å². The Kier molecular flexibility index (Phi) is 10.4. The van der Waals surface area contributed by atoms with Gasteiger partial charge in [0.15, 0.2) is 0 Å². The van der Waals surface area contributed by atoms with E-state index in [2.05, 4.69) is 60.6 Å². The second-order valence-corrected chi connectivity index (χ2v) is 9.52. The van der Waals surface area contributed by atoms with Crippen molar-refractivity contribution in [3.63, 3.8) is 0 Å². The van der Waals surface area contributed by atoms with Crippen LogP contribution in [0.25, 0.3) is 0 Å². The number of nitrogens with zero attached hydrogens (tertiary/aromatic N) is 3. The Bertz CT molecular complexity index is 1050. The van der Waals surface area contributed by atoms with Crippen LogP contribution in [0.4, 0.5) is 0 Å². The molecule has 188 valence electrons. The first kappa shape index (κ1) is 27.0. The molecule has 2 unspecified atom stereocenters. The third-order valence-corrected chi connectivity index (χ3v) is 5.96. The van der Waals surface area contributed by atoms with E-state index in [4.69, 9.17) is 25.8 Å². The van der Waals surface area contributed by atoms with Gasteiger partial charge in [-0.05, 0) is 55.1 Å². The Hall–Kier alpha value is -2.55. The Morgan fingerprint density at radius 1 is 1.23 bits per heavy atom. The highest BCUT2D eigenvalue weighted by atomic mass is 35.5. The number of allylic oxidation sites excluding steroid dienone is 4. The van der Waals surface area contributed by atoms with E-state index in [0.29, 0.717) is 45.1 Å². The standard InChI is InChI=1S/C28H36ClN3O3/c1-5-24-16-26(33-18-23-10-9-11-25(29)15-14-23)12-7-8-13-27(24)28(34-6-2,35-17-22(3)4)19-32-21-30-20-31-32/h10-11,14,16,20-22,25H,5-6,12-13,15,17-19H2,1-4H3/b26-16+,27-24+. The van der Waals surface area contributed by atoms with E-state index < -0.39 is 5.79 Å². The molecule has 2 aliphatic rings. The quantitative estimate of drug-likeness (QED) is 0.159. The molecule has 2 atom stereocenters. The Morgan fingerprint density at radius 3 is 2.77 bits per heavy atom. The van der Waals surface area contributed by atoms with Crippen LogP contribution >= 0.6 is 11.6 Å². The summed E-state index contributed by atoms with van der Waals surface area (Å²) in [6.45, 7) is 10.2. The van der Waals surface area contributed by atoms with Crippen LogP contribution in [0, 0.1) is 17.8 Å². The number of alkyl halides is 1.